The maximum absolute atomic E-state index is 12.9. The second kappa shape index (κ2) is 7.62. The number of rotatable bonds is 4. The monoisotopic (exact) mass is 411 g/mol. The Bertz CT molecular complexity index is 894. The molecule has 2 aromatic rings. The first-order chi connectivity index (χ1) is 12.4. The van der Waals surface area contributed by atoms with Crippen molar-refractivity contribution in [1.29, 1.82) is 0 Å². The van der Waals surface area contributed by atoms with Gasteiger partial charge in [0.15, 0.2) is 10.9 Å². The molecule has 0 saturated carbocycles. The first-order valence-corrected chi connectivity index (χ1v) is 8.08. The third kappa shape index (κ3) is 5.49. The van der Waals surface area contributed by atoms with E-state index in [0.29, 0.717) is 11.8 Å². The Hall–Kier alpha value is -2.50. The lowest BCUT2D eigenvalue weighted by Gasteiger charge is -2.16. The maximum Gasteiger partial charge on any atom is 0.433 e. The molecule has 1 atom stereocenters. The highest BCUT2D eigenvalue weighted by Crippen LogP contribution is 2.35. The molecule has 1 aromatic heterocycles. The zero-order chi connectivity index (χ0) is 20.4. The van der Waals surface area contributed by atoms with Crippen LogP contribution < -0.4 is 10.9 Å². The molecule has 1 aromatic carbocycles. The molecule has 0 saturated heterocycles. The van der Waals surface area contributed by atoms with Crippen LogP contribution in [0.15, 0.2) is 40.3 Å². The van der Waals surface area contributed by atoms with Gasteiger partial charge in [-0.25, -0.2) is 4.98 Å². The van der Waals surface area contributed by atoms with E-state index in [1.54, 1.807) is 0 Å². The molecule has 0 aliphatic heterocycles. The van der Waals surface area contributed by atoms with E-state index in [-0.39, 0.29) is 6.07 Å². The van der Waals surface area contributed by atoms with E-state index in [0.717, 1.165) is 18.2 Å². The van der Waals surface area contributed by atoms with Gasteiger partial charge in [0.05, 0.1) is 16.5 Å². The minimum absolute atomic E-state index is 0.258. The number of carbonyl (C=O) groups excluding carboxylic acids is 1. The lowest BCUT2D eigenvalue weighted by atomic mass is 10.1. The van der Waals surface area contributed by atoms with Crippen molar-refractivity contribution in [3.05, 3.63) is 51.9 Å². The summed E-state index contributed by atoms with van der Waals surface area (Å²) in [6.45, 7) is 1.25. The Kier molecular flexibility index (Phi) is 5.88. The van der Waals surface area contributed by atoms with Gasteiger partial charge in [-0.05, 0) is 19.1 Å². The number of nitrogens with zero attached hydrogens (tertiary/aromatic N) is 1. The fourth-order valence-electron chi connectivity index (χ4n) is 1.93. The molecule has 1 heterocycles. The van der Waals surface area contributed by atoms with Crippen LogP contribution in [-0.4, -0.2) is 21.1 Å². The van der Waals surface area contributed by atoms with Crippen LogP contribution in [0.2, 0.25) is 0 Å². The first-order valence-electron chi connectivity index (χ1n) is 7.20. The Morgan fingerprint density at radius 1 is 1.15 bits per heavy atom. The van der Waals surface area contributed by atoms with E-state index < -0.39 is 51.2 Å². The summed E-state index contributed by atoms with van der Waals surface area (Å²) in [5, 5.41) is 0.449. The Balaban J connectivity index is 2.19. The van der Waals surface area contributed by atoms with Gasteiger partial charge in [-0.2, -0.15) is 26.3 Å². The smallest absolute Gasteiger partial charge is 0.325 e. The van der Waals surface area contributed by atoms with E-state index in [1.807, 2.05) is 4.98 Å². The predicted molar refractivity (Wildman–Crippen MR) is 85.3 cm³/mol. The third-order valence-corrected chi connectivity index (χ3v) is 4.14. The van der Waals surface area contributed by atoms with Crippen molar-refractivity contribution < 1.29 is 31.1 Å². The fourth-order valence-corrected chi connectivity index (χ4v) is 2.74. The van der Waals surface area contributed by atoms with Crippen molar-refractivity contribution in [2.75, 3.05) is 5.32 Å². The molecule has 1 unspecified atom stereocenters. The van der Waals surface area contributed by atoms with Crippen LogP contribution in [0.25, 0.3) is 0 Å². The number of carbonyl (C=O) groups is 1. The standard InChI is InChI=1S/C15H11F6N3O2S/c1-7(27-13-23-10(15(19,20)21)6-11(25)24-13)12(26)22-9-5-3-2-4-8(9)14(16,17)18/h2-7H,1H3,(H,22,26)(H,23,24,25). The predicted octanol–water partition coefficient (Wildman–Crippen LogP) is 3.93. The molecule has 12 heteroatoms. The summed E-state index contributed by atoms with van der Waals surface area (Å²) < 4.78 is 76.8. The average Bonchev–Trinajstić information content (AvgIpc) is 2.52. The molecule has 0 fully saturated rings. The van der Waals surface area contributed by atoms with Crippen molar-refractivity contribution >= 4 is 23.4 Å². The number of aromatic amines is 1. The van der Waals surface area contributed by atoms with Gasteiger partial charge in [0.1, 0.15) is 0 Å². The molecule has 27 heavy (non-hydrogen) atoms. The molecule has 146 valence electrons. The van der Waals surface area contributed by atoms with E-state index in [2.05, 4.69) is 10.3 Å². The number of alkyl halides is 6. The number of benzene rings is 1. The maximum atomic E-state index is 12.9. The average molecular weight is 411 g/mol. The summed E-state index contributed by atoms with van der Waals surface area (Å²) in [4.78, 5) is 28.7. The van der Waals surface area contributed by atoms with Crippen molar-refractivity contribution in [1.82, 2.24) is 9.97 Å². The minimum Gasteiger partial charge on any atom is -0.325 e. The molecule has 0 aliphatic carbocycles. The van der Waals surface area contributed by atoms with E-state index in [1.165, 1.54) is 13.0 Å². The summed E-state index contributed by atoms with van der Waals surface area (Å²) in [6, 6.07) is 4.51. The summed E-state index contributed by atoms with van der Waals surface area (Å²) in [5.74, 6) is -0.906. The largest absolute Gasteiger partial charge is 0.433 e. The summed E-state index contributed by atoms with van der Waals surface area (Å²) in [7, 11) is 0. The number of hydrogen-bond acceptors (Lipinski definition) is 4. The van der Waals surface area contributed by atoms with E-state index >= 15 is 0 Å². The number of halogens is 6. The molecule has 0 bridgehead atoms. The highest BCUT2D eigenvalue weighted by molar-refractivity contribution is 8.00. The van der Waals surface area contributed by atoms with Crippen LogP contribution in [0.5, 0.6) is 0 Å². The lowest BCUT2D eigenvalue weighted by Crippen LogP contribution is -2.25. The number of amides is 1. The fraction of sp³-hybridized carbons (Fsp3) is 0.267. The van der Waals surface area contributed by atoms with Crippen molar-refractivity contribution in [3.63, 3.8) is 0 Å². The highest BCUT2D eigenvalue weighted by Gasteiger charge is 2.35. The molecule has 5 nitrogen and oxygen atoms in total. The van der Waals surface area contributed by atoms with E-state index in [4.69, 9.17) is 0 Å². The number of thioether (sulfide) groups is 1. The van der Waals surface area contributed by atoms with Crippen LogP contribution in [0.3, 0.4) is 0 Å². The normalized spacial score (nSPS) is 13.3. The molecule has 2 N–H and O–H groups in total. The second-order valence-electron chi connectivity index (χ2n) is 5.23. The number of aromatic nitrogens is 2. The SMILES string of the molecule is CC(Sc1nc(C(F)(F)F)cc(=O)[nH]1)C(=O)Nc1ccccc1C(F)(F)F. The van der Waals surface area contributed by atoms with Gasteiger partial charge in [-0.3, -0.25) is 9.59 Å². The topological polar surface area (TPSA) is 74.8 Å². The quantitative estimate of drug-likeness (QED) is 0.454. The molecule has 1 amide bonds. The molecular weight excluding hydrogens is 400 g/mol. The van der Waals surface area contributed by atoms with Crippen molar-refractivity contribution in [2.24, 2.45) is 0 Å². The zero-order valence-corrected chi connectivity index (χ0v) is 14.2. The van der Waals surface area contributed by atoms with Crippen molar-refractivity contribution in [3.8, 4) is 0 Å². The molecule has 2 rings (SSSR count). The number of hydrogen-bond donors (Lipinski definition) is 2. The Morgan fingerprint density at radius 3 is 2.37 bits per heavy atom. The van der Waals surface area contributed by atoms with Crippen LogP contribution in [-0.2, 0) is 17.1 Å². The Morgan fingerprint density at radius 2 is 1.78 bits per heavy atom. The molecule has 0 radical (unpaired) electrons. The number of anilines is 1. The zero-order valence-electron chi connectivity index (χ0n) is 13.4. The lowest BCUT2D eigenvalue weighted by molar-refractivity contribution is -0.141. The van der Waals surface area contributed by atoms with Crippen LogP contribution in [0, 0.1) is 0 Å². The van der Waals surface area contributed by atoms with Crippen LogP contribution in [0.1, 0.15) is 18.2 Å². The van der Waals surface area contributed by atoms with Gasteiger partial charge in [-0.1, -0.05) is 23.9 Å². The number of para-hydroxylation sites is 1. The number of H-pyrrole nitrogens is 1. The van der Waals surface area contributed by atoms with E-state index in [9.17, 15) is 35.9 Å². The summed E-state index contributed by atoms with van der Waals surface area (Å²) in [6.07, 6.45) is -9.56. The van der Waals surface area contributed by atoms with Gasteiger partial charge in [0.25, 0.3) is 5.56 Å². The first kappa shape index (κ1) is 20.8. The van der Waals surface area contributed by atoms with Gasteiger partial charge >= 0.3 is 12.4 Å². The van der Waals surface area contributed by atoms with Gasteiger partial charge < -0.3 is 10.3 Å². The van der Waals surface area contributed by atoms with Gasteiger partial charge in [0, 0.05) is 6.07 Å². The second-order valence-corrected chi connectivity index (χ2v) is 6.56. The Labute approximate surface area is 152 Å². The van der Waals surface area contributed by atoms with Crippen LogP contribution in [0.4, 0.5) is 32.0 Å². The highest BCUT2D eigenvalue weighted by atomic mass is 32.2. The van der Waals surface area contributed by atoms with Gasteiger partial charge in [-0.15, -0.1) is 0 Å². The summed E-state index contributed by atoms with van der Waals surface area (Å²) >= 11 is 0.469. The molecular formula is C15H11F6N3O2S. The number of nitrogens with one attached hydrogen (secondary N) is 2. The van der Waals surface area contributed by atoms with Crippen LogP contribution >= 0.6 is 11.8 Å². The molecule has 0 spiro atoms. The summed E-state index contributed by atoms with van der Waals surface area (Å²) in [5.41, 5.74) is -4.08. The third-order valence-electron chi connectivity index (χ3n) is 3.16. The molecule has 0 aliphatic rings. The van der Waals surface area contributed by atoms with Gasteiger partial charge in [0.2, 0.25) is 5.91 Å². The van der Waals surface area contributed by atoms with Crippen molar-refractivity contribution in [2.45, 2.75) is 29.7 Å². The minimum atomic E-state index is -4.86.